The fourth-order valence-corrected chi connectivity index (χ4v) is 3.00. The van der Waals surface area contributed by atoms with E-state index in [0.717, 1.165) is 5.52 Å². The lowest BCUT2D eigenvalue weighted by atomic mass is 10.1. The maximum atomic E-state index is 12.6. The molecule has 0 atom stereocenters. The number of anilines is 1. The van der Waals surface area contributed by atoms with Crippen molar-refractivity contribution < 1.29 is 14.3 Å². The van der Waals surface area contributed by atoms with Gasteiger partial charge in [-0.25, -0.2) is 9.78 Å². The smallest absolute Gasteiger partial charge is 0.339 e. The first-order valence-electron chi connectivity index (χ1n) is 7.54. The van der Waals surface area contributed by atoms with Crippen molar-refractivity contribution in [3.63, 3.8) is 0 Å². The van der Waals surface area contributed by atoms with E-state index < -0.39 is 5.97 Å². The predicted molar refractivity (Wildman–Crippen MR) is 95.3 cm³/mol. The number of hydrogen-bond donors (Lipinski definition) is 2. The van der Waals surface area contributed by atoms with Crippen molar-refractivity contribution in [3.8, 4) is 0 Å². The number of nitrogens with one attached hydrogen (secondary N) is 2. The van der Waals surface area contributed by atoms with Crippen LogP contribution in [0.2, 0.25) is 5.02 Å². The Labute approximate surface area is 148 Å². The number of aryl methyl sites for hydroxylation is 2. The van der Waals surface area contributed by atoms with Crippen molar-refractivity contribution in [1.82, 2.24) is 14.5 Å². The van der Waals surface area contributed by atoms with Crippen LogP contribution < -0.4 is 5.32 Å². The van der Waals surface area contributed by atoms with Crippen LogP contribution in [-0.4, -0.2) is 33.5 Å². The summed E-state index contributed by atoms with van der Waals surface area (Å²) in [5, 5.41) is 3.33. The number of ether oxygens (including phenoxy) is 1. The summed E-state index contributed by atoms with van der Waals surface area (Å²) in [6, 6.07) is 5.32. The van der Waals surface area contributed by atoms with Gasteiger partial charge < -0.3 is 14.3 Å². The Morgan fingerprint density at radius 1 is 1.32 bits per heavy atom. The van der Waals surface area contributed by atoms with Crippen molar-refractivity contribution in [3.05, 3.63) is 45.7 Å². The molecule has 0 aliphatic rings. The molecule has 0 bridgehead atoms. The van der Waals surface area contributed by atoms with Gasteiger partial charge in [0.15, 0.2) is 0 Å². The lowest BCUT2D eigenvalue weighted by Crippen LogP contribution is -2.16. The fourth-order valence-electron chi connectivity index (χ4n) is 2.83. The molecule has 2 aromatic heterocycles. The van der Waals surface area contributed by atoms with Crippen LogP contribution in [0.5, 0.6) is 0 Å². The van der Waals surface area contributed by atoms with E-state index in [1.807, 2.05) is 6.07 Å². The molecule has 0 saturated heterocycles. The van der Waals surface area contributed by atoms with Gasteiger partial charge in [0.1, 0.15) is 5.69 Å². The maximum Gasteiger partial charge on any atom is 0.339 e. The Hall–Kier alpha value is -2.80. The van der Waals surface area contributed by atoms with E-state index >= 15 is 0 Å². The number of methoxy groups -OCH3 is 1. The number of nitrogens with zero attached hydrogens (tertiary/aromatic N) is 2. The molecule has 2 N–H and O–H groups in total. The highest BCUT2D eigenvalue weighted by Crippen LogP contribution is 2.23. The van der Waals surface area contributed by atoms with Crippen LogP contribution >= 0.6 is 11.6 Å². The van der Waals surface area contributed by atoms with Gasteiger partial charge in [-0.2, -0.15) is 0 Å². The molecule has 0 saturated carbocycles. The van der Waals surface area contributed by atoms with E-state index in [-0.39, 0.29) is 5.91 Å². The second-order valence-electron chi connectivity index (χ2n) is 5.70. The van der Waals surface area contributed by atoms with Gasteiger partial charge in [0.25, 0.3) is 5.91 Å². The van der Waals surface area contributed by atoms with Crippen molar-refractivity contribution in [1.29, 1.82) is 0 Å². The highest BCUT2D eigenvalue weighted by Gasteiger charge is 2.23. The van der Waals surface area contributed by atoms with Gasteiger partial charge in [-0.15, -0.1) is 0 Å². The molecule has 3 rings (SSSR count). The van der Waals surface area contributed by atoms with Crippen LogP contribution in [0.4, 0.5) is 5.95 Å². The van der Waals surface area contributed by atoms with Gasteiger partial charge in [0.2, 0.25) is 5.95 Å². The Kier molecular flexibility index (Phi) is 4.26. The summed E-state index contributed by atoms with van der Waals surface area (Å²) in [7, 11) is 3.10. The second kappa shape index (κ2) is 6.25. The molecule has 0 radical (unpaired) electrons. The van der Waals surface area contributed by atoms with Gasteiger partial charge in [-0.1, -0.05) is 11.6 Å². The van der Waals surface area contributed by atoms with Crippen molar-refractivity contribution >= 4 is 40.5 Å². The number of rotatable bonds is 3. The minimum Gasteiger partial charge on any atom is -0.465 e. The number of amides is 1. The Balaban J connectivity index is 1.96. The van der Waals surface area contributed by atoms with Crippen LogP contribution in [0.15, 0.2) is 18.2 Å². The molecule has 130 valence electrons. The van der Waals surface area contributed by atoms with E-state index in [4.69, 9.17) is 16.3 Å². The highest BCUT2D eigenvalue weighted by molar-refractivity contribution is 6.31. The Morgan fingerprint density at radius 2 is 2.04 bits per heavy atom. The second-order valence-corrected chi connectivity index (χ2v) is 6.13. The lowest BCUT2D eigenvalue weighted by molar-refractivity contribution is 0.0599. The average Bonchev–Trinajstić information content (AvgIpc) is 3.03. The summed E-state index contributed by atoms with van der Waals surface area (Å²) in [4.78, 5) is 31.8. The van der Waals surface area contributed by atoms with E-state index in [2.05, 4.69) is 15.3 Å². The predicted octanol–water partition coefficient (Wildman–Crippen LogP) is 3.21. The topological polar surface area (TPSA) is 89.0 Å². The van der Waals surface area contributed by atoms with E-state index in [0.29, 0.717) is 39.0 Å². The van der Waals surface area contributed by atoms with E-state index in [9.17, 15) is 9.59 Å². The molecule has 0 unspecified atom stereocenters. The molecule has 0 aliphatic carbocycles. The molecule has 0 aliphatic heterocycles. The number of carbonyl (C=O) groups excluding carboxylic acids is 2. The van der Waals surface area contributed by atoms with Crippen LogP contribution in [0, 0.1) is 13.8 Å². The number of H-pyrrole nitrogens is 1. The zero-order valence-corrected chi connectivity index (χ0v) is 15.0. The highest BCUT2D eigenvalue weighted by atomic mass is 35.5. The number of carbonyl (C=O) groups is 2. The first-order chi connectivity index (χ1) is 11.8. The lowest BCUT2D eigenvalue weighted by Gasteiger charge is -2.05. The summed E-state index contributed by atoms with van der Waals surface area (Å²) in [5.41, 5.74) is 3.29. The zero-order chi connectivity index (χ0) is 18.3. The monoisotopic (exact) mass is 360 g/mol. The third kappa shape index (κ3) is 2.87. The van der Waals surface area contributed by atoms with Crippen LogP contribution in [0.25, 0.3) is 11.0 Å². The SMILES string of the molecule is COC(=O)c1c(C)[nH]c(C(=O)Nc2nc3cc(Cl)ccc3n2C)c1C. The quantitative estimate of drug-likeness (QED) is 0.702. The Bertz CT molecular complexity index is 1000. The van der Waals surface area contributed by atoms with Crippen LogP contribution in [0.1, 0.15) is 32.1 Å². The molecule has 7 nitrogen and oxygen atoms in total. The van der Waals surface area contributed by atoms with Gasteiger partial charge in [0, 0.05) is 17.8 Å². The number of hydrogen-bond acceptors (Lipinski definition) is 4. The third-order valence-corrected chi connectivity index (χ3v) is 4.36. The number of imidazole rings is 1. The third-order valence-electron chi connectivity index (χ3n) is 4.12. The molecular formula is C17H17ClN4O3. The molecule has 2 heterocycles. The van der Waals surface area contributed by atoms with Crippen LogP contribution in [-0.2, 0) is 11.8 Å². The first-order valence-corrected chi connectivity index (χ1v) is 7.92. The molecule has 0 fully saturated rings. The molecule has 1 amide bonds. The average molecular weight is 361 g/mol. The number of aromatic nitrogens is 3. The number of fused-ring (bicyclic) bond motifs is 1. The van der Waals surface area contributed by atoms with Crippen molar-refractivity contribution in [2.45, 2.75) is 13.8 Å². The van der Waals surface area contributed by atoms with Crippen molar-refractivity contribution in [2.24, 2.45) is 7.05 Å². The minimum atomic E-state index is -0.484. The molecule has 3 aromatic rings. The van der Waals surface area contributed by atoms with Crippen molar-refractivity contribution in [2.75, 3.05) is 12.4 Å². The molecule has 8 heteroatoms. The zero-order valence-electron chi connectivity index (χ0n) is 14.2. The maximum absolute atomic E-state index is 12.6. The van der Waals surface area contributed by atoms with Gasteiger partial charge >= 0.3 is 5.97 Å². The molecule has 25 heavy (non-hydrogen) atoms. The summed E-state index contributed by atoms with van der Waals surface area (Å²) in [5.74, 6) is -0.489. The first kappa shape index (κ1) is 17.0. The number of aromatic amines is 1. The Morgan fingerprint density at radius 3 is 2.72 bits per heavy atom. The molecular weight excluding hydrogens is 344 g/mol. The van der Waals surface area contributed by atoms with Crippen LogP contribution in [0.3, 0.4) is 0 Å². The normalized spacial score (nSPS) is 10.9. The summed E-state index contributed by atoms with van der Waals surface area (Å²) >= 11 is 5.98. The molecule has 1 aromatic carbocycles. The minimum absolute atomic E-state index is 0.294. The number of benzene rings is 1. The summed E-state index contributed by atoms with van der Waals surface area (Å²) < 4.78 is 6.52. The number of esters is 1. The molecule has 0 spiro atoms. The standard InChI is InChI=1S/C17H17ClN4O3/c1-8-13(16(24)25-4)9(2)19-14(8)15(23)21-17-20-11-7-10(18)5-6-12(11)22(17)3/h5-7,19H,1-4H3,(H,20,21,23). The summed E-state index contributed by atoms with van der Waals surface area (Å²) in [6.07, 6.45) is 0. The van der Waals surface area contributed by atoms with Gasteiger partial charge in [0.05, 0.1) is 23.7 Å². The van der Waals surface area contributed by atoms with E-state index in [1.165, 1.54) is 7.11 Å². The number of halogens is 1. The van der Waals surface area contributed by atoms with Gasteiger partial charge in [-0.05, 0) is 37.6 Å². The summed E-state index contributed by atoms with van der Waals surface area (Å²) in [6.45, 7) is 3.41. The fraction of sp³-hybridized carbons (Fsp3) is 0.235. The van der Waals surface area contributed by atoms with Gasteiger partial charge in [-0.3, -0.25) is 10.1 Å². The largest absolute Gasteiger partial charge is 0.465 e. The van der Waals surface area contributed by atoms with E-state index in [1.54, 1.807) is 37.6 Å².